The Bertz CT molecular complexity index is 1670. The fourth-order valence-electron chi connectivity index (χ4n) is 4.03. The number of hydrogen-bond acceptors (Lipinski definition) is 7. The largest absolute Gasteiger partial charge is 0.506 e. The number of nitrogens with zero attached hydrogens (tertiary/aromatic N) is 2. The predicted octanol–water partition coefficient (Wildman–Crippen LogP) is 9.74. The molecule has 218 valence electrons. The highest BCUT2D eigenvalue weighted by Gasteiger charge is 2.16. The minimum atomic E-state index is -0.0546. The maximum atomic E-state index is 10.7. The van der Waals surface area contributed by atoms with Crippen molar-refractivity contribution < 1.29 is 24.8 Å². The van der Waals surface area contributed by atoms with Crippen molar-refractivity contribution in [1.82, 2.24) is 0 Å². The smallest absolute Gasteiger partial charge is 0.167 e. The number of phenolic OH excluding ortho intramolecular Hbond substituents is 3. The van der Waals surface area contributed by atoms with Crippen molar-refractivity contribution in [2.45, 2.75) is 20.3 Å². The zero-order valence-electron chi connectivity index (χ0n) is 22.5. The van der Waals surface area contributed by atoms with Crippen LogP contribution >= 0.6 is 63.7 Å². The van der Waals surface area contributed by atoms with E-state index in [0.717, 1.165) is 15.6 Å². The summed E-state index contributed by atoms with van der Waals surface area (Å²) in [6.07, 6.45) is 3.63. The van der Waals surface area contributed by atoms with E-state index in [4.69, 9.17) is 9.47 Å². The molecule has 4 rings (SSSR count). The summed E-state index contributed by atoms with van der Waals surface area (Å²) in [5, 5.41) is 31.8. The summed E-state index contributed by atoms with van der Waals surface area (Å²) in [5.41, 5.74) is 3.88. The minimum absolute atomic E-state index is 0.00123. The van der Waals surface area contributed by atoms with Crippen LogP contribution in [-0.4, -0.2) is 41.0 Å². The molecule has 11 heteroatoms. The van der Waals surface area contributed by atoms with Gasteiger partial charge in [-0.15, -0.1) is 0 Å². The van der Waals surface area contributed by atoms with Crippen molar-refractivity contribution in [2.75, 3.05) is 13.2 Å². The first-order valence-corrected chi connectivity index (χ1v) is 16.0. The molecule has 0 atom stereocenters. The van der Waals surface area contributed by atoms with E-state index in [2.05, 4.69) is 73.7 Å². The van der Waals surface area contributed by atoms with Gasteiger partial charge in [-0.1, -0.05) is 18.2 Å². The molecule has 0 aliphatic heterocycles. The molecule has 0 saturated heterocycles. The maximum Gasteiger partial charge on any atom is 0.167 e. The van der Waals surface area contributed by atoms with Gasteiger partial charge in [-0.25, -0.2) is 0 Å². The molecule has 0 unspecified atom stereocenters. The van der Waals surface area contributed by atoms with Crippen molar-refractivity contribution in [3.05, 3.63) is 94.7 Å². The first kappa shape index (κ1) is 32.1. The Hall–Kier alpha value is -2.86. The Balaban J connectivity index is 1.58. The van der Waals surface area contributed by atoms with Crippen LogP contribution in [0.4, 0.5) is 11.4 Å². The number of ether oxygens (including phenoxy) is 2. The van der Waals surface area contributed by atoms with Crippen LogP contribution in [0.2, 0.25) is 0 Å². The molecule has 42 heavy (non-hydrogen) atoms. The highest BCUT2D eigenvalue weighted by Crippen LogP contribution is 2.41. The quantitative estimate of drug-likeness (QED) is 0.138. The van der Waals surface area contributed by atoms with Crippen molar-refractivity contribution >= 4 is 87.5 Å². The SMILES string of the molecule is CCOc1cc(Br)c(Br)c(C=Nc2cccc(Cc3ccc(O)c(N=Cc4c(O)c(OCC)cc(Br)c4Br)c3)c2)c1O. The number of halogens is 4. The van der Waals surface area contributed by atoms with Crippen LogP contribution in [0.1, 0.15) is 36.1 Å². The molecule has 4 aromatic carbocycles. The zero-order chi connectivity index (χ0) is 30.4. The summed E-state index contributed by atoms with van der Waals surface area (Å²) < 4.78 is 13.8. The van der Waals surface area contributed by atoms with Crippen molar-refractivity contribution in [3.8, 4) is 28.7 Å². The number of benzene rings is 4. The molecule has 0 spiro atoms. The van der Waals surface area contributed by atoms with Gasteiger partial charge >= 0.3 is 0 Å². The molecule has 0 saturated carbocycles. The molecule has 0 aromatic heterocycles. The Labute approximate surface area is 277 Å². The second kappa shape index (κ2) is 14.5. The molecule has 0 aliphatic carbocycles. The Kier molecular flexibility index (Phi) is 11.1. The number of hydrogen-bond donors (Lipinski definition) is 3. The molecule has 0 bridgehead atoms. The number of aromatic hydroxyl groups is 3. The second-order valence-electron chi connectivity index (χ2n) is 8.92. The van der Waals surface area contributed by atoms with E-state index < -0.39 is 0 Å². The average Bonchev–Trinajstić information content (AvgIpc) is 2.96. The summed E-state index contributed by atoms with van der Waals surface area (Å²) >= 11 is 13.9. The lowest BCUT2D eigenvalue weighted by atomic mass is 10.0. The fourth-order valence-corrected chi connectivity index (χ4v) is 5.68. The summed E-state index contributed by atoms with van der Waals surface area (Å²) in [6.45, 7) is 4.50. The van der Waals surface area contributed by atoms with E-state index >= 15 is 0 Å². The molecule has 0 amide bonds. The Morgan fingerprint density at radius 1 is 0.690 bits per heavy atom. The van der Waals surface area contributed by atoms with Crippen LogP contribution < -0.4 is 9.47 Å². The molecule has 0 fully saturated rings. The zero-order valence-corrected chi connectivity index (χ0v) is 28.9. The normalized spacial score (nSPS) is 11.5. The Morgan fingerprint density at radius 2 is 1.24 bits per heavy atom. The third-order valence-corrected chi connectivity index (χ3v) is 10.0. The fraction of sp³-hybridized carbons (Fsp3) is 0.161. The molecular formula is C31H26Br4N2O5. The van der Waals surface area contributed by atoms with E-state index in [0.29, 0.717) is 67.1 Å². The van der Waals surface area contributed by atoms with Crippen LogP contribution in [0.3, 0.4) is 0 Å². The lowest BCUT2D eigenvalue weighted by Crippen LogP contribution is -1.96. The molecule has 7 nitrogen and oxygen atoms in total. The van der Waals surface area contributed by atoms with Gasteiger partial charge in [0.25, 0.3) is 0 Å². The number of rotatable bonds is 10. The van der Waals surface area contributed by atoms with Crippen LogP contribution in [0.5, 0.6) is 28.7 Å². The molecule has 0 aliphatic rings. The van der Waals surface area contributed by atoms with Crippen LogP contribution in [-0.2, 0) is 6.42 Å². The molecule has 0 radical (unpaired) electrons. The van der Waals surface area contributed by atoms with Crippen molar-refractivity contribution in [2.24, 2.45) is 9.98 Å². The number of aliphatic imine (C=N–C) groups is 2. The topological polar surface area (TPSA) is 104 Å². The van der Waals surface area contributed by atoms with E-state index in [1.807, 2.05) is 44.2 Å². The third kappa shape index (κ3) is 7.55. The average molecular weight is 826 g/mol. The minimum Gasteiger partial charge on any atom is -0.506 e. The summed E-state index contributed by atoms with van der Waals surface area (Å²) in [7, 11) is 0. The van der Waals surface area contributed by atoms with Crippen molar-refractivity contribution in [3.63, 3.8) is 0 Å². The van der Waals surface area contributed by atoms with Crippen molar-refractivity contribution in [1.29, 1.82) is 0 Å². The van der Waals surface area contributed by atoms with Gasteiger partial charge in [0.05, 0.1) is 30.0 Å². The maximum absolute atomic E-state index is 10.7. The third-order valence-electron chi connectivity index (χ3n) is 6.02. The van der Waals surface area contributed by atoms with E-state index in [9.17, 15) is 15.3 Å². The van der Waals surface area contributed by atoms with Gasteiger partial charge in [-0.05, 0) is 132 Å². The lowest BCUT2D eigenvalue weighted by molar-refractivity contribution is 0.317. The molecular weight excluding hydrogens is 800 g/mol. The lowest BCUT2D eigenvalue weighted by Gasteiger charge is -2.11. The first-order chi connectivity index (χ1) is 20.1. The highest BCUT2D eigenvalue weighted by molar-refractivity contribution is 9.13. The van der Waals surface area contributed by atoms with Gasteiger partial charge in [0, 0.05) is 30.3 Å². The van der Waals surface area contributed by atoms with E-state index in [1.165, 1.54) is 6.21 Å². The second-order valence-corrected chi connectivity index (χ2v) is 12.2. The van der Waals surface area contributed by atoms with Gasteiger partial charge in [0.15, 0.2) is 23.0 Å². The Morgan fingerprint density at radius 3 is 1.81 bits per heavy atom. The number of phenols is 3. The molecule has 4 aromatic rings. The van der Waals surface area contributed by atoms with Gasteiger partial charge in [-0.2, -0.15) is 0 Å². The monoisotopic (exact) mass is 822 g/mol. The van der Waals surface area contributed by atoms with Gasteiger partial charge in [-0.3, -0.25) is 9.98 Å². The van der Waals surface area contributed by atoms with Crippen LogP contribution in [0, 0.1) is 0 Å². The van der Waals surface area contributed by atoms with Gasteiger partial charge < -0.3 is 24.8 Å². The van der Waals surface area contributed by atoms with Gasteiger partial charge in [0.2, 0.25) is 0 Å². The predicted molar refractivity (Wildman–Crippen MR) is 181 cm³/mol. The van der Waals surface area contributed by atoms with E-state index in [-0.39, 0.29) is 17.2 Å². The summed E-state index contributed by atoms with van der Waals surface area (Å²) in [4.78, 5) is 9.04. The van der Waals surface area contributed by atoms with Gasteiger partial charge in [0.1, 0.15) is 11.4 Å². The van der Waals surface area contributed by atoms with Crippen LogP contribution in [0.15, 0.2) is 82.5 Å². The summed E-state index contributed by atoms with van der Waals surface area (Å²) in [5.74, 6) is 0.648. The summed E-state index contributed by atoms with van der Waals surface area (Å²) in [6, 6.07) is 16.3. The first-order valence-electron chi connectivity index (χ1n) is 12.8. The standard InChI is InChI=1S/C31H26Br4N2O5/c1-3-41-26-13-22(32)28(34)20(30(26)39)15-36-19-7-5-6-17(11-19)10-18-8-9-25(38)24(12-18)37-16-21-29(35)23(33)14-27(31(21)40)42-4-2/h5-9,11-16,38-40H,3-4,10H2,1-2H3. The molecule has 3 N–H and O–H groups in total. The van der Waals surface area contributed by atoms with E-state index in [1.54, 1.807) is 30.5 Å². The van der Waals surface area contributed by atoms with Crippen LogP contribution in [0.25, 0.3) is 0 Å². The molecule has 0 heterocycles. The highest BCUT2D eigenvalue weighted by atomic mass is 79.9.